The molecular formula is C8H3ClF4O2. The highest BCUT2D eigenvalue weighted by atomic mass is 35.5. The molecule has 0 saturated heterocycles. The highest BCUT2D eigenvalue weighted by Gasteiger charge is 2.38. The molecule has 0 aliphatic carbocycles. The molecule has 1 rings (SSSR count). The molecule has 82 valence electrons. The van der Waals surface area contributed by atoms with Crippen LogP contribution in [0.4, 0.5) is 17.6 Å². The first-order valence-electron chi connectivity index (χ1n) is 3.53. The SMILES string of the molecule is O=C(O)c1cc(F)cc(Cl)c1C(F)(F)F. The van der Waals surface area contributed by atoms with Crippen LogP contribution in [0.2, 0.25) is 5.02 Å². The number of hydrogen-bond donors (Lipinski definition) is 1. The maximum Gasteiger partial charge on any atom is 0.418 e. The van der Waals surface area contributed by atoms with Gasteiger partial charge in [0.05, 0.1) is 16.1 Å². The predicted octanol–water partition coefficient (Wildman–Crippen LogP) is 3.20. The maximum absolute atomic E-state index is 12.6. The van der Waals surface area contributed by atoms with Crippen molar-refractivity contribution in [3.63, 3.8) is 0 Å². The van der Waals surface area contributed by atoms with Gasteiger partial charge in [-0.05, 0) is 12.1 Å². The van der Waals surface area contributed by atoms with E-state index >= 15 is 0 Å². The Hall–Kier alpha value is -1.30. The number of aromatic carboxylic acids is 1. The lowest BCUT2D eigenvalue weighted by Crippen LogP contribution is -2.14. The molecule has 7 heteroatoms. The molecule has 0 unspecified atom stereocenters. The first-order chi connectivity index (χ1) is 6.73. The third-order valence-corrected chi connectivity index (χ3v) is 1.87. The van der Waals surface area contributed by atoms with E-state index in [4.69, 9.17) is 16.7 Å². The summed E-state index contributed by atoms with van der Waals surface area (Å²) in [5.74, 6) is -3.02. The molecule has 0 aliphatic rings. The van der Waals surface area contributed by atoms with Crippen molar-refractivity contribution in [2.45, 2.75) is 6.18 Å². The molecule has 2 nitrogen and oxygen atoms in total. The van der Waals surface area contributed by atoms with Crippen LogP contribution in [-0.4, -0.2) is 11.1 Å². The van der Waals surface area contributed by atoms with Gasteiger partial charge in [-0.1, -0.05) is 11.6 Å². The van der Waals surface area contributed by atoms with E-state index in [2.05, 4.69) is 0 Å². The molecule has 0 heterocycles. The average molecular weight is 243 g/mol. The summed E-state index contributed by atoms with van der Waals surface area (Å²) in [7, 11) is 0. The summed E-state index contributed by atoms with van der Waals surface area (Å²) in [4.78, 5) is 10.4. The standard InChI is InChI=1S/C8H3ClF4O2/c9-5-2-3(10)1-4(7(14)15)6(5)8(11,12)13/h1-2H,(H,14,15). The third-order valence-electron chi connectivity index (χ3n) is 1.57. The number of rotatable bonds is 1. The molecule has 0 amide bonds. The lowest BCUT2D eigenvalue weighted by molar-refractivity contribution is -0.138. The van der Waals surface area contributed by atoms with E-state index in [-0.39, 0.29) is 6.07 Å². The van der Waals surface area contributed by atoms with Gasteiger partial charge in [-0.3, -0.25) is 0 Å². The van der Waals surface area contributed by atoms with Crippen molar-refractivity contribution in [2.24, 2.45) is 0 Å². The van der Waals surface area contributed by atoms with E-state index in [1.54, 1.807) is 0 Å². The Morgan fingerprint density at radius 2 is 1.87 bits per heavy atom. The molecular weight excluding hydrogens is 240 g/mol. The van der Waals surface area contributed by atoms with Gasteiger partial charge in [-0.15, -0.1) is 0 Å². The van der Waals surface area contributed by atoms with E-state index in [0.29, 0.717) is 6.07 Å². The molecule has 0 aliphatic heterocycles. The van der Waals surface area contributed by atoms with Gasteiger partial charge in [0.2, 0.25) is 0 Å². The molecule has 15 heavy (non-hydrogen) atoms. The molecule has 0 saturated carbocycles. The Kier molecular flexibility index (Phi) is 2.90. The number of hydrogen-bond acceptors (Lipinski definition) is 1. The number of carboxylic acids is 1. The molecule has 0 radical (unpaired) electrons. The highest BCUT2D eigenvalue weighted by Crippen LogP contribution is 2.37. The first-order valence-corrected chi connectivity index (χ1v) is 3.91. The lowest BCUT2D eigenvalue weighted by Gasteiger charge is -2.11. The van der Waals surface area contributed by atoms with Crippen molar-refractivity contribution in [3.05, 3.63) is 34.1 Å². The van der Waals surface area contributed by atoms with Crippen molar-refractivity contribution in [1.82, 2.24) is 0 Å². The Labute approximate surface area is 86.1 Å². The van der Waals surface area contributed by atoms with Crippen LogP contribution in [0.3, 0.4) is 0 Å². The van der Waals surface area contributed by atoms with Crippen LogP contribution in [-0.2, 0) is 6.18 Å². The quantitative estimate of drug-likeness (QED) is 0.768. The zero-order chi connectivity index (χ0) is 11.8. The molecule has 1 aromatic carbocycles. The van der Waals surface area contributed by atoms with E-state index in [0.717, 1.165) is 0 Å². The fraction of sp³-hybridized carbons (Fsp3) is 0.125. The Bertz CT molecular complexity index is 414. The van der Waals surface area contributed by atoms with Gasteiger partial charge in [0.25, 0.3) is 0 Å². The van der Waals surface area contributed by atoms with Crippen LogP contribution >= 0.6 is 11.6 Å². The van der Waals surface area contributed by atoms with E-state index in [1.807, 2.05) is 0 Å². The Morgan fingerprint density at radius 3 is 2.27 bits per heavy atom. The van der Waals surface area contributed by atoms with Gasteiger partial charge in [-0.25, -0.2) is 9.18 Å². The minimum atomic E-state index is -4.93. The van der Waals surface area contributed by atoms with Crippen LogP contribution < -0.4 is 0 Å². The van der Waals surface area contributed by atoms with Crippen LogP contribution in [0, 0.1) is 5.82 Å². The van der Waals surface area contributed by atoms with E-state index in [9.17, 15) is 22.4 Å². The summed E-state index contributed by atoms with van der Waals surface area (Å²) >= 11 is 5.14. The second kappa shape index (κ2) is 3.69. The highest BCUT2D eigenvalue weighted by molar-refractivity contribution is 6.32. The molecule has 0 spiro atoms. The number of benzene rings is 1. The normalized spacial score (nSPS) is 11.5. The summed E-state index contributed by atoms with van der Waals surface area (Å²) in [5, 5.41) is 7.48. The summed E-state index contributed by atoms with van der Waals surface area (Å²) < 4.78 is 49.6. The maximum atomic E-state index is 12.6. The predicted molar refractivity (Wildman–Crippen MR) is 43.4 cm³/mol. The Morgan fingerprint density at radius 1 is 1.33 bits per heavy atom. The van der Waals surface area contributed by atoms with Crippen molar-refractivity contribution >= 4 is 17.6 Å². The summed E-state index contributed by atoms with van der Waals surface area (Å²) in [6.07, 6.45) is -4.93. The molecule has 0 aromatic heterocycles. The molecule has 0 atom stereocenters. The zero-order valence-electron chi connectivity index (χ0n) is 6.90. The molecule has 0 fully saturated rings. The number of carboxylic acid groups (broad SMARTS) is 1. The van der Waals surface area contributed by atoms with Gasteiger partial charge in [0.15, 0.2) is 0 Å². The summed E-state index contributed by atoms with van der Waals surface area (Å²) in [6, 6.07) is 0.688. The van der Waals surface area contributed by atoms with Crippen molar-refractivity contribution in [1.29, 1.82) is 0 Å². The third kappa shape index (κ3) is 2.38. The second-order valence-electron chi connectivity index (χ2n) is 2.61. The van der Waals surface area contributed by atoms with Crippen molar-refractivity contribution in [3.8, 4) is 0 Å². The van der Waals surface area contributed by atoms with E-state index in [1.165, 1.54) is 0 Å². The van der Waals surface area contributed by atoms with Crippen LogP contribution in [0.1, 0.15) is 15.9 Å². The van der Waals surface area contributed by atoms with Gasteiger partial charge >= 0.3 is 12.1 Å². The van der Waals surface area contributed by atoms with Crippen LogP contribution in [0.25, 0.3) is 0 Å². The monoisotopic (exact) mass is 242 g/mol. The fourth-order valence-electron chi connectivity index (χ4n) is 1.03. The van der Waals surface area contributed by atoms with Gasteiger partial charge < -0.3 is 5.11 Å². The van der Waals surface area contributed by atoms with E-state index < -0.39 is 34.1 Å². The fourth-order valence-corrected chi connectivity index (χ4v) is 1.34. The smallest absolute Gasteiger partial charge is 0.418 e. The largest absolute Gasteiger partial charge is 0.478 e. The first kappa shape index (κ1) is 11.8. The number of carbonyl (C=O) groups is 1. The van der Waals surface area contributed by atoms with Gasteiger partial charge in [0.1, 0.15) is 5.82 Å². The average Bonchev–Trinajstić information content (AvgIpc) is 1.99. The Balaban J connectivity index is 3.55. The summed E-state index contributed by atoms with van der Waals surface area (Å²) in [6.45, 7) is 0. The van der Waals surface area contributed by atoms with Crippen molar-refractivity contribution < 1.29 is 27.5 Å². The molecule has 1 N–H and O–H groups in total. The topological polar surface area (TPSA) is 37.3 Å². The molecule has 1 aromatic rings. The summed E-state index contributed by atoms with van der Waals surface area (Å²) in [5.41, 5.74) is -2.74. The van der Waals surface area contributed by atoms with Gasteiger partial charge in [-0.2, -0.15) is 13.2 Å². The minimum Gasteiger partial charge on any atom is -0.478 e. The van der Waals surface area contributed by atoms with Crippen LogP contribution in [0.5, 0.6) is 0 Å². The lowest BCUT2D eigenvalue weighted by atomic mass is 10.1. The van der Waals surface area contributed by atoms with Crippen LogP contribution in [0.15, 0.2) is 12.1 Å². The number of alkyl halides is 3. The number of halogens is 5. The second-order valence-corrected chi connectivity index (χ2v) is 3.02. The minimum absolute atomic E-state index is 0.275. The van der Waals surface area contributed by atoms with Crippen molar-refractivity contribution in [2.75, 3.05) is 0 Å². The zero-order valence-corrected chi connectivity index (χ0v) is 7.66. The molecule has 0 bridgehead atoms. The van der Waals surface area contributed by atoms with Gasteiger partial charge in [0, 0.05) is 0 Å².